The maximum atomic E-state index is 9.65. The van der Waals surface area contributed by atoms with Crippen molar-refractivity contribution in [2.75, 3.05) is 6.61 Å². The molecule has 1 rings (SSSR count). The molecule has 0 aromatic carbocycles. The second-order valence-electron chi connectivity index (χ2n) is 3.67. The molecule has 1 heterocycles. The van der Waals surface area contributed by atoms with Gasteiger partial charge >= 0.3 is 0 Å². The van der Waals surface area contributed by atoms with Gasteiger partial charge in [-0.2, -0.15) is 0 Å². The lowest BCUT2D eigenvalue weighted by Gasteiger charge is -2.39. The van der Waals surface area contributed by atoms with Crippen molar-refractivity contribution < 1.29 is 19.7 Å². The Morgan fingerprint density at radius 2 is 2.00 bits per heavy atom. The molecular weight excluding hydrogens is 184 g/mol. The van der Waals surface area contributed by atoms with Gasteiger partial charge in [0.2, 0.25) is 0 Å². The Morgan fingerprint density at radius 3 is 2.57 bits per heavy atom. The molecule has 2 unspecified atom stereocenters. The van der Waals surface area contributed by atoms with Crippen LogP contribution in [0.3, 0.4) is 0 Å². The van der Waals surface area contributed by atoms with E-state index in [1.54, 1.807) is 19.9 Å². The molecular formula is C10H18O4. The van der Waals surface area contributed by atoms with E-state index in [4.69, 9.17) is 9.47 Å². The van der Waals surface area contributed by atoms with Crippen LogP contribution >= 0.6 is 0 Å². The predicted octanol–water partition coefficient (Wildman–Crippen LogP) is 0.292. The Hall–Kier alpha value is -0.420. The molecule has 4 heteroatoms. The quantitative estimate of drug-likeness (QED) is 0.646. The number of aliphatic hydroxyl groups excluding tert-OH is 2. The average Bonchev–Trinajstić information content (AvgIpc) is 2.18. The molecule has 14 heavy (non-hydrogen) atoms. The largest absolute Gasteiger partial charge is 0.390 e. The fourth-order valence-electron chi connectivity index (χ4n) is 1.52. The van der Waals surface area contributed by atoms with E-state index in [0.717, 1.165) is 0 Å². The van der Waals surface area contributed by atoms with Crippen LogP contribution in [-0.4, -0.2) is 41.4 Å². The normalized spacial score (nSPS) is 43.6. The molecule has 1 aliphatic heterocycles. The second-order valence-corrected chi connectivity index (χ2v) is 3.67. The molecule has 0 aromatic rings. The van der Waals surface area contributed by atoms with Gasteiger partial charge in [-0.25, -0.2) is 0 Å². The molecule has 0 amide bonds. The maximum absolute atomic E-state index is 9.65. The SMILES string of the molecule is C=CCO[C@H]1OC(C)[C@H](O)[C@H](O)C1C. The molecule has 1 fully saturated rings. The Bertz CT molecular complexity index is 195. The van der Waals surface area contributed by atoms with Crippen LogP contribution in [-0.2, 0) is 9.47 Å². The van der Waals surface area contributed by atoms with Crippen molar-refractivity contribution >= 4 is 0 Å². The Labute approximate surface area is 84.1 Å². The van der Waals surface area contributed by atoms with E-state index in [2.05, 4.69) is 6.58 Å². The summed E-state index contributed by atoms with van der Waals surface area (Å²) >= 11 is 0. The monoisotopic (exact) mass is 202 g/mol. The highest BCUT2D eigenvalue weighted by Crippen LogP contribution is 2.26. The van der Waals surface area contributed by atoms with E-state index in [-0.39, 0.29) is 5.92 Å². The third kappa shape index (κ3) is 2.33. The molecule has 0 aromatic heterocycles. The molecule has 0 spiro atoms. The van der Waals surface area contributed by atoms with Gasteiger partial charge in [-0.3, -0.25) is 0 Å². The Morgan fingerprint density at radius 1 is 1.36 bits per heavy atom. The van der Waals surface area contributed by atoms with Crippen LogP contribution < -0.4 is 0 Å². The van der Waals surface area contributed by atoms with Gasteiger partial charge in [-0.1, -0.05) is 13.0 Å². The van der Waals surface area contributed by atoms with Gasteiger partial charge in [-0.15, -0.1) is 6.58 Å². The van der Waals surface area contributed by atoms with Crippen molar-refractivity contribution in [2.24, 2.45) is 5.92 Å². The van der Waals surface area contributed by atoms with Crippen molar-refractivity contribution in [1.82, 2.24) is 0 Å². The number of aliphatic hydroxyl groups is 2. The summed E-state index contributed by atoms with van der Waals surface area (Å²) in [5, 5.41) is 19.2. The van der Waals surface area contributed by atoms with Crippen LogP contribution in [0.1, 0.15) is 13.8 Å². The van der Waals surface area contributed by atoms with E-state index in [1.807, 2.05) is 0 Å². The van der Waals surface area contributed by atoms with Gasteiger partial charge < -0.3 is 19.7 Å². The van der Waals surface area contributed by atoms with Crippen LogP contribution in [0.2, 0.25) is 0 Å². The third-order valence-electron chi connectivity index (χ3n) is 2.53. The van der Waals surface area contributed by atoms with E-state index < -0.39 is 24.6 Å². The van der Waals surface area contributed by atoms with Crippen molar-refractivity contribution in [3.05, 3.63) is 12.7 Å². The second kappa shape index (κ2) is 4.89. The van der Waals surface area contributed by atoms with E-state index in [9.17, 15) is 10.2 Å². The minimum atomic E-state index is -0.839. The molecule has 2 N–H and O–H groups in total. The van der Waals surface area contributed by atoms with Crippen LogP contribution in [0.15, 0.2) is 12.7 Å². The topological polar surface area (TPSA) is 58.9 Å². The summed E-state index contributed by atoms with van der Waals surface area (Å²) in [4.78, 5) is 0. The minimum Gasteiger partial charge on any atom is -0.390 e. The van der Waals surface area contributed by atoms with E-state index >= 15 is 0 Å². The summed E-state index contributed by atoms with van der Waals surface area (Å²) in [5.74, 6) is -0.235. The third-order valence-corrected chi connectivity index (χ3v) is 2.53. The van der Waals surface area contributed by atoms with Gasteiger partial charge in [0, 0.05) is 5.92 Å². The van der Waals surface area contributed by atoms with Gasteiger partial charge in [-0.05, 0) is 6.92 Å². The minimum absolute atomic E-state index is 0.235. The number of hydrogen-bond acceptors (Lipinski definition) is 4. The zero-order chi connectivity index (χ0) is 10.7. The zero-order valence-electron chi connectivity index (χ0n) is 8.59. The number of rotatable bonds is 3. The summed E-state index contributed by atoms with van der Waals surface area (Å²) < 4.78 is 10.7. The van der Waals surface area contributed by atoms with Crippen LogP contribution in [0.4, 0.5) is 0 Å². The number of hydrogen-bond donors (Lipinski definition) is 2. The number of ether oxygens (including phenoxy) is 2. The zero-order valence-corrected chi connectivity index (χ0v) is 8.59. The van der Waals surface area contributed by atoms with Crippen LogP contribution in [0.5, 0.6) is 0 Å². The molecule has 82 valence electrons. The van der Waals surface area contributed by atoms with Crippen molar-refractivity contribution in [3.63, 3.8) is 0 Å². The van der Waals surface area contributed by atoms with Crippen molar-refractivity contribution in [1.29, 1.82) is 0 Å². The lowest BCUT2D eigenvalue weighted by Crippen LogP contribution is -2.53. The Balaban J connectivity index is 2.55. The van der Waals surface area contributed by atoms with Crippen molar-refractivity contribution in [2.45, 2.75) is 38.4 Å². The first-order valence-corrected chi connectivity index (χ1v) is 4.82. The molecule has 0 radical (unpaired) electrons. The van der Waals surface area contributed by atoms with Gasteiger partial charge in [0.15, 0.2) is 6.29 Å². The standard InChI is InChI=1S/C10H18O4/c1-4-5-13-10-6(2)8(11)9(12)7(3)14-10/h4,6-12H,1,5H2,2-3H3/t6?,7?,8-,9+,10+/m1/s1. The van der Waals surface area contributed by atoms with E-state index in [1.165, 1.54) is 0 Å². The first kappa shape index (κ1) is 11.7. The predicted molar refractivity (Wildman–Crippen MR) is 51.7 cm³/mol. The summed E-state index contributed by atoms with van der Waals surface area (Å²) in [6.07, 6.45) is -0.891. The molecule has 0 aliphatic carbocycles. The first-order valence-electron chi connectivity index (χ1n) is 4.82. The van der Waals surface area contributed by atoms with Crippen molar-refractivity contribution in [3.8, 4) is 0 Å². The van der Waals surface area contributed by atoms with Gasteiger partial charge in [0.25, 0.3) is 0 Å². The molecule has 4 nitrogen and oxygen atoms in total. The highest BCUT2D eigenvalue weighted by atomic mass is 16.7. The smallest absolute Gasteiger partial charge is 0.163 e. The lowest BCUT2D eigenvalue weighted by molar-refractivity contribution is -0.269. The highest BCUT2D eigenvalue weighted by molar-refractivity contribution is 4.85. The fraction of sp³-hybridized carbons (Fsp3) is 0.800. The van der Waals surface area contributed by atoms with E-state index in [0.29, 0.717) is 6.61 Å². The fourth-order valence-corrected chi connectivity index (χ4v) is 1.52. The molecule has 0 saturated carbocycles. The summed E-state index contributed by atoms with van der Waals surface area (Å²) in [7, 11) is 0. The first-order chi connectivity index (χ1) is 6.57. The molecule has 5 atom stereocenters. The van der Waals surface area contributed by atoms with Gasteiger partial charge in [0.05, 0.1) is 18.8 Å². The summed E-state index contributed by atoms with van der Waals surface area (Å²) in [6.45, 7) is 7.41. The van der Waals surface area contributed by atoms with Gasteiger partial charge in [0.1, 0.15) is 6.10 Å². The van der Waals surface area contributed by atoms with Crippen LogP contribution in [0, 0.1) is 5.92 Å². The summed E-state index contributed by atoms with van der Waals surface area (Å²) in [5.41, 5.74) is 0. The summed E-state index contributed by atoms with van der Waals surface area (Å²) in [6, 6.07) is 0. The molecule has 1 aliphatic rings. The molecule has 1 saturated heterocycles. The Kier molecular flexibility index (Phi) is 4.07. The average molecular weight is 202 g/mol. The highest BCUT2D eigenvalue weighted by Gasteiger charge is 2.40. The molecule has 0 bridgehead atoms. The lowest BCUT2D eigenvalue weighted by atomic mass is 9.93. The van der Waals surface area contributed by atoms with Crippen LogP contribution in [0.25, 0.3) is 0 Å². The maximum Gasteiger partial charge on any atom is 0.163 e.